The van der Waals surface area contributed by atoms with Gasteiger partial charge < -0.3 is 15.4 Å². The number of H-pyrrole nitrogens is 1. The van der Waals surface area contributed by atoms with E-state index < -0.39 is 17.6 Å². The predicted octanol–water partition coefficient (Wildman–Crippen LogP) is 0.650. The summed E-state index contributed by atoms with van der Waals surface area (Å²) >= 11 is 0. The van der Waals surface area contributed by atoms with Crippen LogP contribution in [0.1, 0.15) is 48.9 Å². The van der Waals surface area contributed by atoms with Crippen molar-refractivity contribution in [2.75, 3.05) is 19.6 Å². The maximum atomic E-state index is 12.6. The highest BCUT2D eigenvalue weighted by molar-refractivity contribution is 5.99. The second kappa shape index (κ2) is 7.64. The van der Waals surface area contributed by atoms with E-state index in [0.29, 0.717) is 37.9 Å². The van der Waals surface area contributed by atoms with Crippen LogP contribution in [0.25, 0.3) is 0 Å². The van der Waals surface area contributed by atoms with E-state index in [1.54, 1.807) is 20.8 Å². The number of fused-ring (bicyclic) bond motifs is 1. The molecule has 3 amide bonds. The fourth-order valence-corrected chi connectivity index (χ4v) is 2.55. The van der Waals surface area contributed by atoms with Crippen LogP contribution in [-0.4, -0.2) is 63.6 Å². The quantitative estimate of drug-likeness (QED) is 0.751. The molecule has 1 aliphatic rings. The van der Waals surface area contributed by atoms with Crippen molar-refractivity contribution in [3.63, 3.8) is 0 Å². The highest BCUT2D eigenvalue weighted by Gasteiger charge is 2.31. The molecule has 0 saturated heterocycles. The first kappa shape index (κ1) is 18.9. The summed E-state index contributed by atoms with van der Waals surface area (Å²) in [7, 11) is 0. The molecule has 1 aromatic heterocycles. The Morgan fingerprint density at radius 2 is 2.16 bits per heavy atom. The van der Waals surface area contributed by atoms with Crippen LogP contribution in [-0.2, 0) is 22.5 Å². The molecule has 2 heterocycles. The molecule has 0 aromatic carbocycles. The van der Waals surface area contributed by atoms with Crippen LogP contribution in [0, 0.1) is 0 Å². The lowest BCUT2D eigenvalue weighted by Crippen LogP contribution is -2.40. The maximum absolute atomic E-state index is 12.6. The number of nitrogens with zero attached hydrogens (tertiary/aromatic N) is 3. The topological polar surface area (TPSA) is 122 Å². The number of carbonyl (C=O) groups is 3. The van der Waals surface area contributed by atoms with Gasteiger partial charge in [-0.15, -0.1) is 0 Å². The van der Waals surface area contributed by atoms with E-state index in [9.17, 15) is 14.4 Å². The minimum Gasteiger partial charge on any atom is -0.444 e. The molecule has 0 radical (unpaired) electrons. The second-order valence-corrected chi connectivity index (χ2v) is 6.93. The third kappa shape index (κ3) is 4.56. The molecule has 0 aliphatic carbocycles. The molecule has 138 valence electrons. The molecule has 0 atom stereocenters. The minimum atomic E-state index is -0.594. The molecule has 9 heteroatoms. The van der Waals surface area contributed by atoms with Gasteiger partial charge in [0, 0.05) is 30.8 Å². The first-order valence-electron chi connectivity index (χ1n) is 8.27. The summed E-state index contributed by atoms with van der Waals surface area (Å²) in [5, 5.41) is 6.89. The lowest BCUT2D eigenvalue weighted by Gasteiger charge is -2.30. The number of aromatic amines is 1. The average molecular weight is 351 g/mol. The van der Waals surface area contributed by atoms with E-state index >= 15 is 0 Å². The zero-order chi connectivity index (χ0) is 18.6. The number of hydrogen-bond donors (Lipinski definition) is 2. The van der Waals surface area contributed by atoms with Gasteiger partial charge in [0.2, 0.25) is 6.41 Å². The number of ether oxygens (including phenoxy) is 1. The van der Waals surface area contributed by atoms with Gasteiger partial charge in [0.25, 0.3) is 5.91 Å². The van der Waals surface area contributed by atoms with E-state index in [0.717, 1.165) is 10.6 Å². The summed E-state index contributed by atoms with van der Waals surface area (Å²) < 4.78 is 5.38. The van der Waals surface area contributed by atoms with Crippen molar-refractivity contribution in [3.05, 3.63) is 17.0 Å². The van der Waals surface area contributed by atoms with Gasteiger partial charge in [0.1, 0.15) is 5.60 Å². The lowest BCUT2D eigenvalue weighted by atomic mass is 10.1. The van der Waals surface area contributed by atoms with Crippen molar-refractivity contribution in [3.8, 4) is 0 Å². The van der Waals surface area contributed by atoms with Crippen LogP contribution >= 0.6 is 0 Å². The maximum Gasteiger partial charge on any atom is 0.410 e. The third-order valence-electron chi connectivity index (χ3n) is 3.78. The lowest BCUT2D eigenvalue weighted by molar-refractivity contribution is -0.116. The molecule has 0 spiro atoms. The Morgan fingerprint density at radius 3 is 2.76 bits per heavy atom. The predicted molar refractivity (Wildman–Crippen MR) is 89.7 cm³/mol. The summed E-state index contributed by atoms with van der Waals surface area (Å²) in [4.78, 5) is 38.6. The second-order valence-electron chi connectivity index (χ2n) is 6.93. The fourth-order valence-electron chi connectivity index (χ4n) is 2.55. The molecule has 1 aliphatic heterocycles. The van der Waals surface area contributed by atoms with E-state index in [2.05, 4.69) is 10.2 Å². The number of amides is 3. The summed E-state index contributed by atoms with van der Waals surface area (Å²) in [6, 6.07) is 0. The van der Waals surface area contributed by atoms with Gasteiger partial charge in [-0.3, -0.25) is 19.6 Å². The Morgan fingerprint density at radius 1 is 1.44 bits per heavy atom. The van der Waals surface area contributed by atoms with Crippen molar-refractivity contribution in [1.29, 1.82) is 0 Å². The number of nitrogens with two attached hydrogens (primary N) is 1. The molecule has 3 N–H and O–H groups in total. The molecule has 0 saturated carbocycles. The van der Waals surface area contributed by atoms with Crippen LogP contribution in [0.3, 0.4) is 0 Å². The SMILES string of the molecule is CC(C)(C)OC(=O)N1CCc2[nH]nc(C(=O)N(C=O)CCCN)c2C1. The number of hydrogen-bond acceptors (Lipinski definition) is 6. The van der Waals surface area contributed by atoms with E-state index in [1.165, 1.54) is 4.90 Å². The van der Waals surface area contributed by atoms with Crippen molar-refractivity contribution in [1.82, 2.24) is 20.0 Å². The highest BCUT2D eigenvalue weighted by atomic mass is 16.6. The Balaban J connectivity index is 2.16. The first-order chi connectivity index (χ1) is 11.8. The average Bonchev–Trinajstić information content (AvgIpc) is 2.96. The zero-order valence-electron chi connectivity index (χ0n) is 14.9. The Labute approximate surface area is 146 Å². The summed E-state index contributed by atoms with van der Waals surface area (Å²) in [5.74, 6) is -0.494. The number of carbonyl (C=O) groups excluding carboxylic acids is 3. The first-order valence-corrected chi connectivity index (χ1v) is 8.27. The van der Waals surface area contributed by atoms with Crippen LogP contribution in [0.15, 0.2) is 0 Å². The Bertz CT molecular complexity index is 649. The van der Waals surface area contributed by atoms with Gasteiger partial charge in [0.15, 0.2) is 5.69 Å². The smallest absolute Gasteiger partial charge is 0.410 e. The van der Waals surface area contributed by atoms with Crippen LogP contribution in [0.4, 0.5) is 4.79 Å². The van der Waals surface area contributed by atoms with Crippen LogP contribution < -0.4 is 5.73 Å². The van der Waals surface area contributed by atoms with Crippen LogP contribution in [0.5, 0.6) is 0 Å². The fraction of sp³-hybridized carbons (Fsp3) is 0.625. The van der Waals surface area contributed by atoms with Crippen molar-refractivity contribution in [2.45, 2.75) is 45.8 Å². The zero-order valence-corrected chi connectivity index (χ0v) is 14.9. The summed E-state index contributed by atoms with van der Waals surface area (Å²) in [6.45, 7) is 6.69. The molecule has 25 heavy (non-hydrogen) atoms. The molecule has 9 nitrogen and oxygen atoms in total. The summed E-state index contributed by atoms with van der Waals surface area (Å²) in [6.07, 6.45) is 1.10. The summed E-state index contributed by atoms with van der Waals surface area (Å²) in [5.41, 5.74) is 6.42. The van der Waals surface area contributed by atoms with Crippen molar-refractivity contribution >= 4 is 18.4 Å². The molecule has 0 unspecified atom stereocenters. The largest absolute Gasteiger partial charge is 0.444 e. The molecule has 0 fully saturated rings. The van der Waals surface area contributed by atoms with Gasteiger partial charge in [-0.1, -0.05) is 0 Å². The molecule has 0 bridgehead atoms. The van der Waals surface area contributed by atoms with Crippen LogP contribution in [0.2, 0.25) is 0 Å². The van der Waals surface area contributed by atoms with Gasteiger partial charge in [-0.2, -0.15) is 5.10 Å². The van der Waals surface area contributed by atoms with Gasteiger partial charge in [-0.05, 0) is 33.7 Å². The van der Waals surface area contributed by atoms with Gasteiger partial charge >= 0.3 is 6.09 Å². The number of imide groups is 1. The molecular weight excluding hydrogens is 326 g/mol. The number of aromatic nitrogens is 2. The Hall–Kier alpha value is -2.42. The monoisotopic (exact) mass is 351 g/mol. The molecule has 2 rings (SSSR count). The standard InChI is InChI=1S/C16H25N5O4/c1-16(2,3)25-15(24)20-8-5-12-11(9-20)13(19-18-12)14(23)21(10-22)7-4-6-17/h10H,4-9,17H2,1-3H3,(H,18,19). The van der Waals surface area contributed by atoms with E-state index in [1.807, 2.05) is 0 Å². The third-order valence-corrected chi connectivity index (χ3v) is 3.78. The minimum absolute atomic E-state index is 0.160. The molecular formula is C16H25N5O4. The number of rotatable bonds is 5. The number of nitrogens with one attached hydrogen (secondary N) is 1. The molecule has 1 aromatic rings. The van der Waals surface area contributed by atoms with Gasteiger partial charge in [-0.25, -0.2) is 4.79 Å². The van der Waals surface area contributed by atoms with Crippen molar-refractivity contribution in [2.24, 2.45) is 5.73 Å². The van der Waals surface area contributed by atoms with E-state index in [-0.39, 0.29) is 18.8 Å². The van der Waals surface area contributed by atoms with E-state index in [4.69, 9.17) is 10.5 Å². The Kier molecular flexibility index (Phi) is 5.78. The normalized spacial score (nSPS) is 14.0. The van der Waals surface area contributed by atoms with Gasteiger partial charge in [0.05, 0.1) is 6.54 Å². The highest BCUT2D eigenvalue weighted by Crippen LogP contribution is 2.23. The van der Waals surface area contributed by atoms with Crippen molar-refractivity contribution < 1.29 is 19.1 Å².